The standard InChI is InChI=1S/C13H17FO2.C12H16FNO2.C7H7Br/c1-3-4-16-13-7-11(5-10(2)9-15)6-12(14)8-13;1-2-3-16-12-6-9(4-10(13)7-12)5-11(14)8-15;8-6-7-4-2-1-3-5-7/h3,6-8,10,15H,1,4-5,9H2,2H3;2,4,6-7,11,15H,1,3,5,8,14H2;1-5H,6H2/t10-;11-;/m00./s1. The molecule has 0 fully saturated rings. The van der Waals surface area contributed by atoms with Crippen LogP contribution in [0.4, 0.5) is 8.78 Å². The monoisotopic (exact) mass is 619 g/mol. The number of hydrogen-bond donors (Lipinski definition) is 3. The van der Waals surface area contributed by atoms with Crippen LogP contribution in [-0.2, 0) is 18.2 Å². The normalized spacial score (nSPS) is 11.6. The lowest BCUT2D eigenvalue weighted by Gasteiger charge is -2.10. The van der Waals surface area contributed by atoms with Gasteiger partial charge >= 0.3 is 0 Å². The molecule has 3 aromatic carbocycles. The van der Waals surface area contributed by atoms with E-state index in [0.717, 1.165) is 10.9 Å². The summed E-state index contributed by atoms with van der Waals surface area (Å²) in [4.78, 5) is 0. The minimum atomic E-state index is -0.381. The van der Waals surface area contributed by atoms with Gasteiger partial charge in [-0.05, 0) is 59.7 Å². The molecular formula is C32H40BrF2NO4. The number of benzene rings is 3. The highest BCUT2D eigenvalue weighted by atomic mass is 79.9. The zero-order chi connectivity index (χ0) is 29.8. The van der Waals surface area contributed by atoms with Crippen LogP contribution >= 0.6 is 15.9 Å². The first-order valence-electron chi connectivity index (χ1n) is 12.9. The molecule has 0 saturated heterocycles. The maximum absolute atomic E-state index is 13.2. The minimum Gasteiger partial charge on any atom is -0.489 e. The molecular weight excluding hydrogens is 580 g/mol. The molecule has 0 saturated carbocycles. The Balaban J connectivity index is 0.000000317. The van der Waals surface area contributed by atoms with E-state index in [9.17, 15) is 8.78 Å². The molecule has 2 atom stereocenters. The van der Waals surface area contributed by atoms with E-state index in [-0.39, 0.29) is 36.8 Å². The lowest BCUT2D eigenvalue weighted by molar-refractivity contribution is 0.237. The largest absolute Gasteiger partial charge is 0.489 e. The molecule has 40 heavy (non-hydrogen) atoms. The first-order valence-corrected chi connectivity index (χ1v) is 14.0. The van der Waals surface area contributed by atoms with Crippen molar-refractivity contribution in [1.29, 1.82) is 0 Å². The van der Waals surface area contributed by atoms with E-state index in [1.807, 2.05) is 25.1 Å². The maximum Gasteiger partial charge on any atom is 0.127 e. The molecule has 0 bridgehead atoms. The van der Waals surface area contributed by atoms with Crippen molar-refractivity contribution in [1.82, 2.24) is 0 Å². The van der Waals surface area contributed by atoms with Crippen LogP contribution < -0.4 is 15.2 Å². The highest BCUT2D eigenvalue weighted by Crippen LogP contribution is 2.19. The van der Waals surface area contributed by atoms with Crippen molar-refractivity contribution in [2.24, 2.45) is 11.7 Å². The van der Waals surface area contributed by atoms with Gasteiger partial charge in [0.15, 0.2) is 0 Å². The average molecular weight is 621 g/mol. The Labute approximate surface area is 245 Å². The Bertz CT molecular complexity index is 1060. The van der Waals surface area contributed by atoms with Crippen LogP contribution in [0.1, 0.15) is 23.6 Å². The van der Waals surface area contributed by atoms with Crippen LogP contribution in [0.15, 0.2) is 92.0 Å². The van der Waals surface area contributed by atoms with Gasteiger partial charge in [-0.1, -0.05) is 78.5 Å². The van der Waals surface area contributed by atoms with Crippen LogP contribution in [0.2, 0.25) is 0 Å². The van der Waals surface area contributed by atoms with Gasteiger partial charge in [0.05, 0.1) is 6.61 Å². The van der Waals surface area contributed by atoms with Crippen molar-refractivity contribution < 1.29 is 28.5 Å². The van der Waals surface area contributed by atoms with Gasteiger partial charge in [-0.2, -0.15) is 0 Å². The predicted octanol–water partition coefficient (Wildman–Crippen LogP) is 6.40. The number of aliphatic hydroxyl groups excluding tert-OH is 2. The van der Waals surface area contributed by atoms with Gasteiger partial charge in [-0.25, -0.2) is 8.78 Å². The van der Waals surface area contributed by atoms with E-state index in [0.29, 0.717) is 43.1 Å². The summed E-state index contributed by atoms with van der Waals surface area (Å²) in [5, 5.41) is 18.7. The van der Waals surface area contributed by atoms with E-state index in [1.165, 1.54) is 29.8 Å². The Hall–Kier alpha value is -3.04. The predicted molar refractivity (Wildman–Crippen MR) is 162 cm³/mol. The van der Waals surface area contributed by atoms with E-state index in [2.05, 4.69) is 41.2 Å². The van der Waals surface area contributed by atoms with Crippen molar-refractivity contribution in [2.75, 3.05) is 26.4 Å². The molecule has 0 spiro atoms. The number of aliphatic hydroxyl groups is 2. The molecule has 0 amide bonds. The zero-order valence-electron chi connectivity index (χ0n) is 22.9. The highest BCUT2D eigenvalue weighted by Gasteiger charge is 2.07. The average Bonchev–Trinajstić information content (AvgIpc) is 2.95. The third-order valence-corrected chi connectivity index (χ3v) is 5.87. The zero-order valence-corrected chi connectivity index (χ0v) is 24.5. The van der Waals surface area contributed by atoms with Gasteiger partial charge in [0, 0.05) is 30.1 Å². The van der Waals surface area contributed by atoms with E-state index < -0.39 is 0 Å². The smallest absolute Gasteiger partial charge is 0.127 e. The molecule has 0 aliphatic rings. The number of nitrogens with two attached hydrogens (primary N) is 1. The fourth-order valence-electron chi connectivity index (χ4n) is 3.36. The number of rotatable bonds is 13. The molecule has 218 valence electrons. The Morgan fingerprint density at radius 2 is 1.30 bits per heavy atom. The molecule has 5 nitrogen and oxygen atoms in total. The highest BCUT2D eigenvalue weighted by molar-refractivity contribution is 9.08. The van der Waals surface area contributed by atoms with Crippen molar-refractivity contribution in [3.05, 3.63) is 120 Å². The number of halogens is 3. The summed E-state index contributed by atoms with van der Waals surface area (Å²) in [5.41, 5.74) is 8.45. The Morgan fingerprint density at radius 1 is 0.800 bits per heavy atom. The molecule has 3 rings (SSSR count). The summed E-state index contributed by atoms with van der Waals surface area (Å²) in [6.45, 7) is 9.61. The van der Waals surface area contributed by atoms with E-state index >= 15 is 0 Å². The molecule has 4 N–H and O–H groups in total. The van der Waals surface area contributed by atoms with E-state index in [1.54, 1.807) is 24.3 Å². The fraction of sp³-hybridized carbons (Fsp3) is 0.312. The lowest BCUT2D eigenvalue weighted by Crippen LogP contribution is -2.26. The van der Waals surface area contributed by atoms with Crippen molar-refractivity contribution >= 4 is 15.9 Å². The van der Waals surface area contributed by atoms with Gasteiger partial charge in [-0.3, -0.25) is 0 Å². The Kier molecular flexibility index (Phi) is 18.2. The van der Waals surface area contributed by atoms with Crippen molar-refractivity contribution in [3.8, 4) is 11.5 Å². The van der Waals surface area contributed by atoms with E-state index in [4.69, 9.17) is 25.4 Å². The fourth-order valence-corrected chi connectivity index (χ4v) is 3.73. The molecule has 0 unspecified atom stereocenters. The summed E-state index contributed by atoms with van der Waals surface area (Å²) < 4.78 is 36.9. The van der Waals surface area contributed by atoms with Crippen LogP contribution in [0.25, 0.3) is 0 Å². The molecule has 0 radical (unpaired) electrons. The summed E-state index contributed by atoms with van der Waals surface area (Å²) in [6, 6.07) is 18.9. The first kappa shape index (κ1) is 35.0. The van der Waals surface area contributed by atoms with Crippen LogP contribution in [0.3, 0.4) is 0 Å². The number of ether oxygens (including phenoxy) is 2. The Morgan fingerprint density at radius 3 is 1.70 bits per heavy atom. The van der Waals surface area contributed by atoms with Gasteiger partial charge in [0.25, 0.3) is 0 Å². The topological polar surface area (TPSA) is 84.9 Å². The summed E-state index contributed by atoms with van der Waals surface area (Å²) in [7, 11) is 0. The molecule has 3 aromatic rings. The summed E-state index contributed by atoms with van der Waals surface area (Å²) in [6.07, 6.45) is 4.25. The van der Waals surface area contributed by atoms with Crippen molar-refractivity contribution in [3.63, 3.8) is 0 Å². The summed E-state index contributed by atoms with van der Waals surface area (Å²) in [5.74, 6) is 0.373. The summed E-state index contributed by atoms with van der Waals surface area (Å²) >= 11 is 3.36. The van der Waals surface area contributed by atoms with Crippen LogP contribution in [0, 0.1) is 17.6 Å². The number of alkyl halides is 1. The second kappa shape index (κ2) is 20.8. The van der Waals surface area contributed by atoms with Crippen LogP contribution in [-0.4, -0.2) is 42.7 Å². The van der Waals surface area contributed by atoms with Crippen molar-refractivity contribution in [2.45, 2.75) is 31.1 Å². The third-order valence-electron chi connectivity index (χ3n) is 5.22. The molecule has 0 heterocycles. The number of hydrogen-bond acceptors (Lipinski definition) is 5. The lowest BCUT2D eigenvalue weighted by atomic mass is 10.0. The molecule has 0 aromatic heterocycles. The molecule has 8 heteroatoms. The quantitative estimate of drug-likeness (QED) is 0.152. The first-order chi connectivity index (χ1) is 19.2. The van der Waals surface area contributed by atoms with Gasteiger partial charge in [-0.15, -0.1) is 0 Å². The second-order valence-corrected chi connectivity index (χ2v) is 9.61. The molecule has 0 aliphatic heterocycles. The van der Waals surface area contributed by atoms with Gasteiger partial charge in [0.1, 0.15) is 36.3 Å². The SMILES string of the molecule is BrCc1ccccc1.C=CCOc1cc(F)cc(C[C@H](C)CO)c1.C=CCOc1cc(F)cc(C[C@H](N)CO)c1. The minimum absolute atomic E-state index is 0.0966. The van der Waals surface area contributed by atoms with Gasteiger partial charge < -0.3 is 25.4 Å². The second-order valence-electron chi connectivity index (χ2n) is 9.05. The third kappa shape index (κ3) is 15.5. The maximum atomic E-state index is 13.2. The van der Waals surface area contributed by atoms with Crippen LogP contribution in [0.5, 0.6) is 11.5 Å². The molecule has 0 aliphatic carbocycles. The van der Waals surface area contributed by atoms with Gasteiger partial charge in [0.2, 0.25) is 0 Å².